The standard InChI is InChI=1S/C18H23N3O4/c1-4-25-15-6-5-12(9-13(15)16(23)24)14-7-8-19-17(21-14)20-10-18(2,3)11-22/h5-9,22H,4,10-11H2,1-3H3,(H,23,24)(H,19,20,21). The van der Waals surface area contributed by atoms with E-state index in [0.717, 1.165) is 0 Å². The molecule has 7 heteroatoms. The molecule has 0 fully saturated rings. The zero-order valence-corrected chi connectivity index (χ0v) is 14.6. The van der Waals surface area contributed by atoms with Crippen molar-refractivity contribution in [3.05, 3.63) is 36.0 Å². The van der Waals surface area contributed by atoms with Crippen LogP contribution in [0.4, 0.5) is 5.95 Å². The number of hydrogen-bond acceptors (Lipinski definition) is 6. The molecule has 0 unspecified atom stereocenters. The summed E-state index contributed by atoms with van der Waals surface area (Å²) in [4.78, 5) is 20.0. The maximum atomic E-state index is 11.4. The lowest BCUT2D eigenvalue weighted by molar-refractivity contribution is 0.0692. The van der Waals surface area contributed by atoms with E-state index >= 15 is 0 Å². The number of ether oxygens (including phenoxy) is 1. The van der Waals surface area contributed by atoms with Gasteiger partial charge >= 0.3 is 5.97 Å². The highest BCUT2D eigenvalue weighted by atomic mass is 16.5. The molecule has 134 valence electrons. The van der Waals surface area contributed by atoms with Crippen molar-refractivity contribution in [1.29, 1.82) is 0 Å². The second-order valence-electron chi connectivity index (χ2n) is 6.39. The Balaban J connectivity index is 2.28. The van der Waals surface area contributed by atoms with Crippen LogP contribution in [0.1, 0.15) is 31.1 Å². The third-order valence-corrected chi connectivity index (χ3v) is 3.61. The molecule has 7 nitrogen and oxygen atoms in total. The molecule has 0 saturated carbocycles. The number of aromatic nitrogens is 2. The first-order valence-electron chi connectivity index (χ1n) is 8.04. The molecule has 0 amide bonds. The summed E-state index contributed by atoms with van der Waals surface area (Å²) in [6, 6.07) is 6.65. The van der Waals surface area contributed by atoms with E-state index in [-0.39, 0.29) is 17.6 Å². The van der Waals surface area contributed by atoms with Crippen molar-refractivity contribution >= 4 is 11.9 Å². The average molecular weight is 345 g/mol. The van der Waals surface area contributed by atoms with Crippen molar-refractivity contribution in [2.45, 2.75) is 20.8 Å². The lowest BCUT2D eigenvalue weighted by Gasteiger charge is -2.21. The van der Waals surface area contributed by atoms with Crippen molar-refractivity contribution < 1.29 is 19.7 Å². The van der Waals surface area contributed by atoms with E-state index < -0.39 is 5.97 Å². The number of rotatable bonds is 8. The van der Waals surface area contributed by atoms with E-state index in [4.69, 9.17) is 4.74 Å². The number of aliphatic hydroxyl groups excluding tert-OH is 1. The monoisotopic (exact) mass is 345 g/mol. The molecule has 0 aliphatic rings. The summed E-state index contributed by atoms with van der Waals surface area (Å²) >= 11 is 0. The van der Waals surface area contributed by atoms with Gasteiger partial charge in [-0.2, -0.15) is 0 Å². The zero-order valence-electron chi connectivity index (χ0n) is 14.6. The van der Waals surface area contributed by atoms with Crippen LogP contribution in [0, 0.1) is 5.41 Å². The van der Waals surface area contributed by atoms with Crippen LogP contribution in [0.15, 0.2) is 30.5 Å². The molecule has 0 radical (unpaired) electrons. The minimum absolute atomic E-state index is 0.0422. The summed E-state index contributed by atoms with van der Waals surface area (Å²) in [5, 5.41) is 21.8. The molecule has 0 bridgehead atoms. The highest BCUT2D eigenvalue weighted by Gasteiger charge is 2.17. The first kappa shape index (κ1) is 18.7. The van der Waals surface area contributed by atoms with Crippen molar-refractivity contribution in [2.75, 3.05) is 25.1 Å². The van der Waals surface area contributed by atoms with Gasteiger partial charge in [0.1, 0.15) is 11.3 Å². The van der Waals surface area contributed by atoms with Gasteiger partial charge in [0.2, 0.25) is 5.95 Å². The molecular weight excluding hydrogens is 322 g/mol. The van der Waals surface area contributed by atoms with Crippen LogP contribution in [-0.2, 0) is 0 Å². The predicted octanol–water partition coefficient (Wildman–Crippen LogP) is 2.67. The van der Waals surface area contributed by atoms with Crippen LogP contribution in [0.25, 0.3) is 11.3 Å². The summed E-state index contributed by atoms with van der Waals surface area (Å²) in [5.74, 6) is -0.303. The summed E-state index contributed by atoms with van der Waals surface area (Å²) in [7, 11) is 0. The number of hydrogen-bond donors (Lipinski definition) is 3. The topological polar surface area (TPSA) is 105 Å². The van der Waals surface area contributed by atoms with Gasteiger partial charge < -0.3 is 20.3 Å². The Labute approximate surface area is 146 Å². The molecule has 0 aliphatic heterocycles. The molecule has 0 atom stereocenters. The summed E-state index contributed by atoms with van der Waals surface area (Å²) in [6.45, 7) is 6.60. The van der Waals surface area contributed by atoms with Gasteiger partial charge in [0, 0.05) is 30.3 Å². The fourth-order valence-electron chi connectivity index (χ4n) is 2.12. The lowest BCUT2D eigenvalue weighted by Crippen LogP contribution is -2.27. The van der Waals surface area contributed by atoms with Crippen molar-refractivity contribution in [3.63, 3.8) is 0 Å². The van der Waals surface area contributed by atoms with E-state index in [0.29, 0.717) is 36.1 Å². The Morgan fingerprint density at radius 2 is 2.08 bits per heavy atom. The molecule has 0 saturated heterocycles. The summed E-state index contributed by atoms with van der Waals surface area (Å²) in [6.07, 6.45) is 1.60. The maximum Gasteiger partial charge on any atom is 0.339 e. The molecule has 1 aromatic carbocycles. The Bertz CT molecular complexity index is 747. The third kappa shape index (κ3) is 4.90. The number of anilines is 1. The van der Waals surface area contributed by atoms with Crippen LogP contribution < -0.4 is 10.1 Å². The van der Waals surface area contributed by atoms with Gasteiger partial charge in [-0.15, -0.1) is 0 Å². The van der Waals surface area contributed by atoms with Crippen molar-refractivity contribution in [1.82, 2.24) is 9.97 Å². The first-order valence-corrected chi connectivity index (χ1v) is 8.04. The van der Waals surface area contributed by atoms with Crippen molar-refractivity contribution in [3.8, 4) is 17.0 Å². The van der Waals surface area contributed by atoms with Gasteiger partial charge in [-0.25, -0.2) is 14.8 Å². The van der Waals surface area contributed by atoms with E-state index in [2.05, 4.69) is 15.3 Å². The normalized spacial score (nSPS) is 11.2. The molecule has 25 heavy (non-hydrogen) atoms. The van der Waals surface area contributed by atoms with Gasteiger partial charge in [0.05, 0.1) is 12.3 Å². The molecule has 0 spiro atoms. The molecule has 0 aliphatic carbocycles. The highest BCUT2D eigenvalue weighted by Crippen LogP contribution is 2.26. The zero-order chi connectivity index (χ0) is 18.4. The van der Waals surface area contributed by atoms with E-state index in [1.54, 1.807) is 31.3 Å². The van der Waals surface area contributed by atoms with E-state index in [9.17, 15) is 15.0 Å². The van der Waals surface area contributed by atoms with Gasteiger partial charge in [-0.1, -0.05) is 13.8 Å². The third-order valence-electron chi connectivity index (χ3n) is 3.61. The van der Waals surface area contributed by atoms with Crippen LogP contribution in [0.5, 0.6) is 5.75 Å². The van der Waals surface area contributed by atoms with Gasteiger partial charge in [0.25, 0.3) is 0 Å². The van der Waals surface area contributed by atoms with E-state index in [1.165, 1.54) is 6.07 Å². The number of carbonyl (C=O) groups is 1. The van der Waals surface area contributed by atoms with Crippen LogP contribution in [0.2, 0.25) is 0 Å². The van der Waals surface area contributed by atoms with Crippen molar-refractivity contribution in [2.24, 2.45) is 5.41 Å². The predicted molar refractivity (Wildman–Crippen MR) is 95.0 cm³/mol. The Morgan fingerprint density at radius 1 is 1.32 bits per heavy atom. The molecule has 1 aromatic heterocycles. The molecule has 3 N–H and O–H groups in total. The summed E-state index contributed by atoms with van der Waals surface area (Å²) in [5.41, 5.74) is 1.06. The number of nitrogens with zero attached hydrogens (tertiary/aromatic N) is 2. The maximum absolute atomic E-state index is 11.4. The lowest BCUT2D eigenvalue weighted by atomic mass is 9.95. The molecule has 1 heterocycles. The second-order valence-corrected chi connectivity index (χ2v) is 6.39. The van der Waals surface area contributed by atoms with Gasteiger partial charge in [-0.3, -0.25) is 0 Å². The largest absolute Gasteiger partial charge is 0.493 e. The smallest absolute Gasteiger partial charge is 0.339 e. The summed E-state index contributed by atoms with van der Waals surface area (Å²) < 4.78 is 5.35. The number of benzene rings is 1. The second kappa shape index (κ2) is 7.94. The SMILES string of the molecule is CCOc1ccc(-c2ccnc(NCC(C)(C)CO)n2)cc1C(=O)O. The van der Waals surface area contributed by atoms with E-state index in [1.807, 2.05) is 13.8 Å². The Morgan fingerprint density at radius 3 is 2.72 bits per heavy atom. The number of carboxylic acids is 1. The number of aliphatic hydroxyl groups is 1. The average Bonchev–Trinajstić information content (AvgIpc) is 2.61. The molecule has 2 aromatic rings. The fraction of sp³-hybridized carbons (Fsp3) is 0.389. The van der Waals surface area contributed by atoms with Crippen LogP contribution >= 0.6 is 0 Å². The first-order chi connectivity index (χ1) is 11.9. The number of aromatic carboxylic acids is 1. The van der Waals surface area contributed by atoms with Crippen LogP contribution in [-0.4, -0.2) is 45.9 Å². The minimum Gasteiger partial charge on any atom is -0.493 e. The fourth-order valence-corrected chi connectivity index (χ4v) is 2.12. The van der Waals surface area contributed by atoms with Gasteiger partial charge in [0.15, 0.2) is 0 Å². The number of nitrogens with one attached hydrogen (secondary N) is 1. The Hall–Kier alpha value is -2.67. The minimum atomic E-state index is -1.05. The quantitative estimate of drug-likeness (QED) is 0.675. The molecule has 2 rings (SSSR count). The van der Waals surface area contributed by atoms with Crippen LogP contribution in [0.3, 0.4) is 0 Å². The Kier molecular flexibility index (Phi) is 5.93. The molecular formula is C18H23N3O4. The highest BCUT2D eigenvalue weighted by molar-refractivity contribution is 5.92. The number of carboxylic acid groups (broad SMARTS) is 1. The van der Waals surface area contributed by atoms with Gasteiger partial charge in [-0.05, 0) is 31.2 Å².